The average Bonchev–Trinajstić information content (AvgIpc) is 2.40. The van der Waals surface area contributed by atoms with Crippen molar-refractivity contribution in [2.24, 2.45) is 0 Å². The maximum Gasteiger partial charge on any atom is 0.433 e. The number of rotatable bonds is 3. The fraction of sp³-hybridized carbons (Fsp3) is 0.0909. The minimum absolute atomic E-state index is 0.0775. The van der Waals surface area contributed by atoms with Gasteiger partial charge in [0.1, 0.15) is 17.3 Å². The monoisotopic (exact) mass is 302 g/mol. The van der Waals surface area contributed by atoms with Crippen LogP contribution in [0.15, 0.2) is 30.5 Å². The highest BCUT2D eigenvalue weighted by atomic mass is 19.4. The topological polar surface area (TPSA) is 81.0 Å². The molecule has 110 valence electrons. The Morgan fingerprint density at radius 1 is 1.19 bits per heavy atom. The molecule has 0 atom stereocenters. The molecule has 10 heteroatoms. The van der Waals surface area contributed by atoms with E-state index in [-0.39, 0.29) is 5.82 Å². The summed E-state index contributed by atoms with van der Waals surface area (Å²) in [5.74, 6) is -1.37. The van der Waals surface area contributed by atoms with Gasteiger partial charge < -0.3 is 5.32 Å². The van der Waals surface area contributed by atoms with E-state index in [1.54, 1.807) is 0 Å². The van der Waals surface area contributed by atoms with Gasteiger partial charge in [0.05, 0.1) is 11.1 Å². The number of anilines is 2. The van der Waals surface area contributed by atoms with Crippen LogP contribution in [0.25, 0.3) is 0 Å². The molecule has 0 saturated carbocycles. The van der Waals surface area contributed by atoms with Gasteiger partial charge in [-0.2, -0.15) is 13.2 Å². The number of hydrogen-bond acceptors (Lipinski definition) is 5. The van der Waals surface area contributed by atoms with Crippen LogP contribution in [0.1, 0.15) is 5.69 Å². The van der Waals surface area contributed by atoms with Crippen LogP contribution in [-0.2, 0) is 6.18 Å². The molecule has 0 amide bonds. The quantitative estimate of drug-likeness (QED) is 0.534. The molecule has 2 heterocycles. The molecular formula is C11H6F4N4O2. The molecule has 0 bridgehead atoms. The molecular weight excluding hydrogens is 296 g/mol. The lowest BCUT2D eigenvalue weighted by molar-refractivity contribution is -0.384. The zero-order valence-electron chi connectivity index (χ0n) is 10.1. The number of halogens is 4. The lowest BCUT2D eigenvalue weighted by atomic mass is 10.3. The lowest BCUT2D eigenvalue weighted by Gasteiger charge is -2.09. The van der Waals surface area contributed by atoms with Crippen molar-refractivity contribution in [3.8, 4) is 0 Å². The van der Waals surface area contributed by atoms with Crippen molar-refractivity contribution in [2.45, 2.75) is 6.18 Å². The standard InChI is InChI=1S/C11H6F4N4O2/c12-6-1-4-9(16-5-6)18-10-7(19(20)21)2-3-8(17-10)11(13,14)15/h1-5H,(H,16,17,18). The minimum atomic E-state index is -4.75. The second kappa shape index (κ2) is 5.31. The van der Waals surface area contributed by atoms with E-state index in [4.69, 9.17) is 0 Å². The first kappa shape index (κ1) is 14.6. The van der Waals surface area contributed by atoms with E-state index in [0.29, 0.717) is 12.1 Å². The Kier molecular flexibility index (Phi) is 3.70. The molecule has 6 nitrogen and oxygen atoms in total. The van der Waals surface area contributed by atoms with Crippen LogP contribution >= 0.6 is 0 Å². The fourth-order valence-electron chi connectivity index (χ4n) is 1.42. The second-order valence-electron chi connectivity index (χ2n) is 3.81. The molecule has 0 unspecified atom stereocenters. The van der Waals surface area contributed by atoms with Crippen LogP contribution in [0.4, 0.5) is 34.9 Å². The predicted octanol–water partition coefficient (Wildman–Crippen LogP) is 3.29. The zero-order chi connectivity index (χ0) is 15.6. The van der Waals surface area contributed by atoms with Crippen LogP contribution in [0.2, 0.25) is 0 Å². The second-order valence-corrected chi connectivity index (χ2v) is 3.81. The van der Waals surface area contributed by atoms with Crippen molar-refractivity contribution in [3.63, 3.8) is 0 Å². The number of nitrogens with zero attached hydrogens (tertiary/aromatic N) is 3. The van der Waals surface area contributed by atoms with E-state index >= 15 is 0 Å². The Morgan fingerprint density at radius 3 is 2.43 bits per heavy atom. The molecule has 0 radical (unpaired) electrons. The van der Waals surface area contributed by atoms with Crippen LogP contribution in [0.3, 0.4) is 0 Å². The smallest absolute Gasteiger partial charge is 0.319 e. The van der Waals surface area contributed by atoms with E-state index in [1.807, 2.05) is 0 Å². The predicted molar refractivity (Wildman–Crippen MR) is 63.4 cm³/mol. The molecule has 0 aromatic carbocycles. The molecule has 0 aliphatic heterocycles. The Bertz CT molecular complexity index is 673. The number of pyridine rings is 2. The highest BCUT2D eigenvalue weighted by Gasteiger charge is 2.34. The SMILES string of the molecule is O=[N+]([O-])c1ccc(C(F)(F)F)nc1Nc1ccc(F)cn1. The van der Waals surface area contributed by atoms with Gasteiger partial charge in [-0.05, 0) is 18.2 Å². The summed E-state index contributed by atoms with van der Waals surface area (Å²) in [6.07, 6.45) is -3.94. The highest BCUT2D eigenvalue weighted by molar-refractivity contribution is 5.63. The molecule has 0 aliphatic carbocycles. The molecule has 21 heavy (non-hydrogen) atoms. The Morgan fingerprint density at radius 2 is 1.90 bits per heavy atom. The number of aromatic nitrogens is 2. The molecule has 0 saturated heterocycles. The van der Waals surface area contributed by atoms with Gasteiger partial charge in [-0.3, -0.25) is 10.1 Å². The molecule has 0 aliphatic rings. The summed E-state index contributed by atoms with van der Waals surface area (Å²) in [6, 6.07) is 3.29. The normalized spacial score (nSPS) is 11.2. The van der Waals surface area contributed by atoms with Gasteiger partial charge in [-0.1, -0.05) is 0 Å². The average molecular weight is 302 g/mol. The largest absolute Gasteiger partial charge is 0.433 e. The van der Waals surface area contributed by atoms with E-state index in [1.165, 1.54) is 0 Å². The van der Waals surface area contributed by atoms with E-state index in [2.05, 4.69) is 15.3 Å². The first-order valence-electron chi connectivity index (χ1n) is 5.38. The first-order valence-corrected chi connectivity index (χ1v) is 5.38. The number of hydrogen-bond donors (Lipinski definition) is 1. The van der Waals surface area contributed by atoms with Gasteiger partial charge in [0, 0.05) is 6.07 Å². The maximum absolute atomic E-state index is 12.7. The van der Waals surface area contributed by atoms with Crippen molar-refractivity contribution in [1.29, 1.82) is 0 Å². The van der Waals surface area contributed by atoms with Crippen LogP contribution in [-0.4, -0.2) is 14.9 Å². The first-order chi connectivity index (χ1) is 9.77. The third-order valence-corrected chi connectivity index (χ3v) is 2.33. The van der Waals surface area contributed by atoms with Crippen molar-refractivity contribution < 1.29 is 22.5 Å². The van der Waals surface area contributed by atoms with Crippen molar-refractivity contribution in [3.05, 3.63) is 52.1 Å². The molecule has 0 fully saturated rings. The Balaban J connectivity index is 2.43. The van der Waals surface area contributed by atoms with Gasteiger partial charge in [0.25, 0.3) is 0 Å². The van der Waals surface area contributed by atoms with Gasteiger partial charge >= 0.3 is 11.9 Å². The van der Waals surface area contributed by atoms with E-state index in [0.717, 1.165) is 18.3 Å². The van der Waals surface area contributed by atoms with Gasteiger partial charge in [-0.25, -0.2) is 14.4 Å². The summed E-state index contributed by atoms with van der Waals surface area (Å²) in [6.45, 7) is 0. The van der Waals surface area contributed by atoms with Gasteiger partial charge in [0.15, 0.2) is 0 Å². The number of nitro groups is 1. The van der Waals surface area contributed by atoms with Gasteiger partial charge in [0.2, 0.25) is 5.82 Å². The zero-order valence-corrected chi connectivity index (χ0v) is 10.1. The summed E-state index contributed by atoms with van der Waals surface area (Å²) in [7, 11) is 0. The summed E-state index contributed by atoms with van der Waals surface area (Å²) in [5.41, 5.74) is -1.95. The summed E-state index contributed by atoms with van der Waals surface area (Å²) >= 11 is 0. The van der Waals surface area contributed by atoms with Crippen LogP contribution in [0.5, 0.6) is 0 Å². The third kappa shape index (κ3) is 3.41. The molecule has 2 rings (SSSR count). The van der Waals surface area contributed by atoms with Crippen molar-refractivity contribution >= 4 is 17.3 Å². The molecule has 1 N–H and O–H groups in total. The molecule has 0 spiro atoms. The lowest BCUT2D eigenvalue weighted by Crippen LogP contribution is -2.10. The fourth-order valence-corrected chi connectivity index (χ4v) is 1.42. The van der Waals surface area contributed by atoms with E-state index in [9.17, 15) is 27.7 Å². The van der Waals surface area contributed by atoms with Crippen LogP contribution < -0.4 is 5.32 Å². The number of nitrogens with one attached hydrogen (secondary N) is 1. The Labute approximate surface area is 114 Å². The highest BCUT2D eigenvalue weighted by Crippen LogP contribution is 2.32. The van der Waals surface area contributed by atoms with Crippen LogP contribution in [0, 0.1) is 15.9 Å². The third-order valence-electron chi connectivity index (χ3n) is 2.33. The molecule has 2 aromatic heterocycles. The van der Waals surface area contributed by atoms with Gasteiger partial charge in [-0.15, -0.1) is 0 Å². The summed E-state index contributed by atoms with van der Waals surface area (Å²) < 4.78 is 50.4. The summed E-state index contributed by atoms with van der Waals surface area (Å²) in [4.78, 5) is 16.6. The summed E-state index contributed by atoms with van der Waals surface area (Å²) in [5, 5.41) is 13.1. The minimum Gasteiger partial charge on any atom is -0.319 e. The number of alkyl halides is 3. The van der Waals surface area contributed by atoms with Crippen molar-refractivity contribution in [1.82, 2.24) is 9.97 Å². The molecule has 2 aromatic rings. The Hall–Kier alpha value is -2.78. The van der Waals surface area contributed by atoms with E-state index < -0.39 is 34.1 Å². The van der Waals surface area contributed by atoms with Crippen molar-refractivity contribution in [2.75, 3.05) is 5.32 Å². The maximum atomic E-state index is 12.7.